The molecular formula is C17H22N2O3S. The van der Waals surface area contributed by atoms with Crippen LogP contribution in [0.5, 0.6) is 0 Å². The Hall–Kier alpha value is -1.87. The summed E-state index contributed by atoms with van der Waals surface area (Å²) in [4.78, 5) is 24.9. The Balaban J connectivity index is 2.24. The van der Waals surface area contributed by atoms with Gasteiger partial charge in [0.1, 0.15) is 21.5 Å². The third-order valence-electron chi connectivity index (χ3n) is 3.81. The van der Waals surface area contributed by atoms with E-state index in [1.165, 1.54) is 0 Å². The van der Waals surface area contributed by atoms with Crippen molar-refractivity contribution in [3.63, 3.8) is 0 Å². The van der Waals surface area contributed by atoms with E-state index in [0.29, 0.717) is 21.0 Å². The number of hydrogen-bond acceptors (Lipinski definition) is 5. The normalized spacial score (nSPS) is 15.3. The molecule has 0 unspecified atom stereocenters. The van der Waals surface area contributed by atoms with Crippen LogP contribution in [-0.4, -0.2) is 17.5 Å². The molecule has 0 spiro atoms. The number of nitriles is 1. The van der Waals surface area contributed by atoms with E-state index in [-0.39, 0.29) is 11.8 Å². The quantitative estimate of drug-likeness (QED) is 0.847. The summed E-state index contributed by atoms with van der Waals surface area (Å²) in [6, 6.07) is 2.09. The second-order valence-electron chi connectivity index (χ2n) is 6.84. The Morgan fingerprint density at radius 3 is 2.43 bits per heavy atom. The Labute approximate surface area is 140 Å². The third-order valence-corrected chi connectivity index (χ3v) is 4.99. The Morgan fingerprint density at radius 1 is 1.30 bits per heavy atom. The first-order valence-electron chi connectivity index (χ1n) is 7.80. The van der Waals surface area contributed by atoms with Crippen molar-refractivity contribution in [2.75, 3.05) is 5.32 Å². The molecule has 1 amide bonds. The molecule has 5 nitrogen and oxygen atoms in total. The molecule has 0 radical (unpaired) electrons. The highest BCUT2D eigenvalue weighted by atomic mass is 32.1. The number of carbonyl (C=O) groups excluding carboxylic acids is 2. The summed E-state index contributed by atoms with van der Waals surface area (Å²) in [7, 11) is 0. The van der Waals surface area contributed by atoms with Crippen LogP contribution in [0.2, 0.25) is 0 Å². The maximum Gasteiger partial charge on any atom is 0.349 e. The minimum Gasteiger partial charge on any atom is -0.456 e. The number of rotatable bonds is 3. The van der Waals surface area contributed by atoms with Gasteiger partial charge in [0.25, 0.3) is 0 Å². The number of ether oxygens (including phenoxy) is 1. The van der Waals surface area contributed by atoms with Gasteiger partial charge in [0.2, 0.25) is 5.91 Å². The lowest BCUT2D eigenvalue weighted by Crippen LogP contribution is -2.23. The number of hydrogen-bond donors (Lipinski definition) is 1. The minimum absolute atomic E-state index is 0.00826. The summed E-state index contributed by atoms with van der Waals surface area (Å²) < 4.78 is 5.37. The summed E-state index contributed by atoms with van der Waals surface area (Å²) in [6.07, 6.45) is 3.90. The van der Waals surface area contributed by atoms with Crippen molar-refractivity contribution in [2.24, 2.45) is 5.92 Å². The molecular weight excluding hydrogens is 312 g/mol. The van der Waals surface area contributed by atoms with Crippen molar-refractivity contribution in [3.8, 4) is 6.07 Å². The van der Waals surface area contributed by atoms with Crippen molar-refractivity contribution in [1.82, 2.24) is 0 Å². The molecule has 1 saturated carbocycles. The van der Waals surface area contributed by atoms with Crippen LogP contribution in [0.15, 0.2) is 0 Å². The van der Waals surface area contributed by atoms with Gasteiger partial charge >= 0.3 is 5.97 Å². The zero-order chi connectivity index (χ0) is 17.2. The summed E-state index contributed by atoms with van der Waals surface area (Å²) in [5.41, 5.74) is 0.309. The molecule has 1 heterocycles. The molecule has 1 aliphatic rings. The topological polar surface area (TPSA) is 79.2 Å². The summed E-state index contributed by atoms with van der Waals surface area (Å²) >= 11 is 1.12. The molecule has 1 aromatic heterocycles. The Bertz CT molecular complexity index is 659. The van der Waals surface area contributed by atoms with Gasteiger partial charge in [-0.1, -0.05) is 12.8 Å². The fourth-order valence-corrected chi connectivity index (χ4v) is 3.69. The van der Waals surface area contributed by atoms with Crippen molar-refractivity contribution < 1.29 is 14.3 Å². The highest BCUT2D eigenvalue weighted by Crippen LogP contribution is 2.35. The smallest absolute Gasteiger partial charge is 0.349 e. The maximum absolute atomic E-state index is 12.3. The van der Waals surface area contributed by atoms with Crippen molar-refractivity contribution in [2.45, 2.75) is 59.0 Å². The lowest BCUT2D eigenvalue weighted by Gasteiger charge is -2.19. The average molecular weight is 334 g/mol. The molecule has 0 aliphatic heterocycles. The molecule has 0 saturated heterocycles. The fraction of sp³-hybridized carbons (Fsp3) is 0.588. The molecule has 2 rings (SSSR count). The number of nitrogens with one attached hydrogen (secondary N) is 1. The SMILES string of the molecule is Cc1c(C(=O)OC(C)(C)C)sc(NC(=O)C2CCCC2)c1C#N. The molecule has 0 aromatic carbocycles. The van der Waals surface area contributed by atoms with Crippen LogP contribution in [-0.2, 0) is 9.53 Å². The zero-order valence-electron chi connectivity index (χ0n) is 14.0. The number of amides is 1. The largest absolute Gasteiger partial charge is 0.456 e. The van der Waals surface area contributed by atoms with Gasteiger partial charge in [0, 0.05) is 5.92 Å². The Kier molecular flexibility index (Phi) is 5.10. The first-order valence-corrected chi connectivity index (χ1v) is 8.62. The Morgan fingerprint density at radius 2 is 1.91 bits per heavy atom. The molecule has 0 bridgehead atoms. The van der Waals surface area contributed by atoms with Crippen LogP contribution in [0.1, 0.15) is 67.3 Å². The van der Waals surface area contributed by atoms with Gasteiger partial charge in [-0.3, -0.25) is 4.79 Å². The van der Waals surface area contributed by atoms with Crippen LogP contribution >= 0.6 is 11.3 Å². The zero-order valence-corrected chi connectivity index (χ0v) is 14.8. The molecule has 1 aliphatic carbocycles. The van der Waals surface area contributed by atoms with E-state index in [1.54, 1.807) is 27.7 Å². The number of nitrogens with zero attached hydrogens (tertiary/aromatic N) is 1. The second-order valence-corrected chi connectivity index (χ2v) is 7.87. The van der Waals surface area contributed by atoms with Gasteiger partial charge in [-0.25, -0.2) is 4.79 Å². The summed E-state index contributed by atoms with van der Waals surface area (Å²) in [6.45, 7) is 7.09. The van der Waals surface area contributed by atoms with Crippen LogP contribution < -0.4 is 5.32 Å². The van der Waals surface area contributed by atoms with E-state index in [2.05, 4.69) is 11.4 Å². The van der Waals surface area contributed by atoms with E-state index in [0.717, 1.165) is 37.0 Å². The van der Waals surface area contributed by atoms with Gasteiger partial charge in [0.05, 0.1) is 5.56 Å². The molecule has 23 heavy (non-hydrogen) atoms. The van der Waals surface area contributed by atoms with Crippen LogP contribution in [0.4, 0.5) is 5.00 Å². The molecule has 1 N–H and O–H groups in total. The van der Waals surface area contributed by atoms with Crippen LogP contribution in [0.3, 0.4) is 0 Å². The van der Waals surface area contributed by atoms with Gasteiger partial charge < -0.3 is 10.1 Å². The predicted molar refractivity (Wildman–Crippen MR) is 89.5 cm³/mol. The highest BCUT2D eigenvalue weighted by Gasteiger charge is 2.28. The molecule has 0 atom stereocenters. The lowest BCUT2D eigenvalue weighted by atomic mass is 10.1. The van der Waals surface area contributed by atoms with E-state index in [1.807, 2.05) is 0 Å². The maximum atomic E-state index is 12.3. The fourth-order valence-electron chi connectivity index (χ4n) is 2.66. The third kappa shape index (κ3) is 4.11. The second kappa shape index (κ2) is 6.71. The number of thiophene rings is 1. The van der Waals surface area contributed by atoms with Crippen LogP contribution in [0.25, 0.3) is 0 Å². The monoisotopic (exact) mass is 334 g/mol. The number of carbonyl (C=O) groups is 2. The lowest BCUT2D eigenvalue weighted by molar-refractivity contribution is -0.119. The van der Waals surface area contributed by atoms with E-state index in [9.17, 15) is 14.9 Å². The number of anilines is 1. The van der Waals surface area contributed by atoms with Gasteiger partial charge in [-0.2, -0.15) is 5.26 Å². The van der Waals surface area contributed by atoms with E-state index >= 15 is 0 Å². The molecule has 124 valence electrons. The molecule has 6 heteroatoms. The van der Waals surface area contributed by atoms with Gasteiger partial charge in [-0.05, 0) is 46.1 Å². The molecule has 1 aromatic rings. The first kappa shape index (κ1) is 17.5. The highest BCUT2D eigenvalue weighted by molar-refractivity contribution is 7.18. The van der Waals surface area contributed by atoms with Crippen molar-refractivity contribution in [1.29, 1.82) is 5.26 Å². The van der Waals surface area contributed by atoms with Gasteiger partial charge in [-0.15, -0.1) is 11.3 Å². The standard InChI is InChI=1S/C17H22N2O3S/c1-10-12(9-18)15(19-14(20)11-7-5-6-8-11)23-13(10)16(21)22-17(2,3)4/h11H,5-8H2,1-4H3,(H,19,20). The van der Waals surface area contributed by atoms with E-state index in [4.69, 9.17) is 4.74 Å². The molecule has 1 fully saturated rings. The first-order chi connectivity index (χ1) is 10.7. The summed E-state index contributed by atoms with van der Waals surface area (Å²) in [5.74, 6) is -0.511. The minimum atomic E-state index is -0.604. The summed E-state index contributed by atoms with van der Waals surface area (Å²) in [5, 5.41) is 12.6. The van der Waals surface area contributed by atoms with E-state index < -0.39 is 11.6 Å². The van der Waals surface area contributed by atoms with Crippen LogP contribution in [0, 0.1) is 24.2 Å². The van der Waals surface area contributed by atoms with Crippen molar-refractivity contribution in [3.05, 3.63) is 16.0 Å². The number of esters is 1. The average Bonchev–Trinajstić information content (AvgIpc) is 3.05. The van der Waals surface area contributed by atoms with Gasteiger partial charge in [0.15, 0.2) is 0 Å². The van der Waals surface area contributed by atoms with Crippen molar-refractivity contribution >= 4 is 28.2 Å². The predicted octanol–water partition coefficient (Wildman–Crippen LogP) is 4.01.